The third kappa shape index (κ3) is 4.57. The zero-order valence-corrected chi connectivity index (χ0v) is 13.2. The Hall–Kier alpha value is -0.930. The zero-order valence-electron chi connectivity index (χ0n) is 13.2. The van der Waals surface area contributed by atoms with Crippen molar-refractivity contribution in [1.82, 2.24) is 15.2 Å². The van der Waals surface area contributed by atoms with E-state index in [4.69, 9.17) is 0 Å². The van der Waals surface area contributed by atoms with E-state index >= 15 is 0 Å². The summed E-state index contributed by atoms with van der Waals surface area (Å²) in [6.07, 6.45) is 6.99. The Kier molecular flexibility index (Phi) is 5.99. The first kappa shape index (κ1) is 15.5. The van der Waals surface area contributed by atoms with Crippen LogP contribution >= 0.6 is 0 Å². The highest BCUT2D eigenvalue weighted by molar-refractivity contribution is 5.03. The molecule has 0 bridgehead atoms. The zero-order chi connectivity index (χ0) is 14.4. The Bertz CT molecular complexity index is 379. The second kappa shape index (κ2) is 7.75. The predicted molar refractivity (Wildman–Crippen MR) is 84.8 cm³/mol. The van der Waals surface area contributed by atoms with E-state index in [1.165, 1.54) is 31.5 Å². The summed E-state index contributed by atoms with van der Waals surface area (Å²) in [7, 11) is 4.36. The Balaban J connectivity index is 1.79. The number of rotatable bonds is 6. The van der Waals surface area contributed by atoms with Gasteiger partial charge in [-0.1, -0.05) is 13.0 Å². The van der Waals surface area contributed by atoms with Gasteiger partial charge in [-0.25, -0.2) is 0 Å². The van der Waals surface area contributed by atoms with Crippen LogP contribution in [0.4, 0.5) is 0 Å². The van der Waals surface area contributed by atoms with Crippen LogP contribution in [0.3, 0.4) is 0 Å². The molecule has 1 saturated carbocycles. The Morgan fingerprint density at radius 2 is 2.20 bits per heavy atom. The van der Waals surface area contributed by atoms with E-state index in [1.54, 1.807) is 0 Å². The number of pyridine rings is 1. The maximum atomic E-state index is 4.40. The molecular weight excluding hydrogens is 246 g/mol. The number of aromatic nitrogens is 1. The molecule has 1 fully saturated rings. The Labute approximate surface area is 123 Å². The smallest absolute Gasteiger partial charge is 0.0416 e. The van der Waals surface area contributed by atoms with Gasteiger partial charge in [-0.05, 0) is 57.3 Å². The molecule has 3 heteroatoms. The lowest BCUT2D eigenvalue weighted by Gasteiger charge is -2.37. The molecule has 1 aliphatic rings. The Morgan fingerprint density at radius 3 is 2.90 bits per heavy atom. The van der Waals surface area contributed by atoms with E-state index < -0.39 is 0 Å². The molecule has 0 saturated heterocycles. The van der Waals surface area contributed by atoms with Crippen LogP contribution in [0.15, 0.2) is 24.4 Å². The molecule has 3 atom stereocenters. The summed E-state index contributed by atoms with van der Waals surface area (Å²) in [5, 5.41) is 3.51. The standard InChI is InChI=1S/C17H29N3/c1-14-7-8-17(18-2)15(12-14)13-20(3)11-9-16-6-4-5-10-19-16/h4-6,10,14-15,17-18H,7-9,11-13H2,1-3H3. The highest BCUT2D eigenvalue weighted by Gasteiger charge is 2.28. The van der Waals surface area contributed by atoms with Gasteiger partial charge in [0, 0.05) is 37.4 Å². The molecule has 1 aliphatic carbocycles. The molecule has 0 aliphatic heterocycles. The number of hydrogen-bond donors (Lipinski definition) is 1. The van der Waals surface area contributed by atoms with Crippen LogP contribution in [0.1, 0.15) is 31.9 Å². The van der Waals surface area contributed by atoms with E-state index in [-0.39, 0.29) is 0 Å². The average Bonchev–Trinajstić information content (AvgIpc) is 2.46. The SMILES string of the molecule is CNC1CCC(C)CC1CN(C)CCc1ccccn1. The van der Waals surface area contributed by atoms with Crippen molar-refractivity contribution in [2.45, 2.75) is 38.6 Å². The quantitative estimate of drug-likeness (QED) is 0.865. The summed E-state index contributed by atoms with van der Waals surface area (Å²) >= 11 is 0. The first-order chi connectivity index (χ1) is 9.69. The van der Waals surface area contributed by atoms with Gasteiger partial charge >= 0.3 is 0 Å². The molecule has 0 amide bonds. The number of hydrogen-bond acceptors (Lipinski definition) is 3. The fourth-order valence-corrected chi connectivity index (χ4v) is 3.42. The van der Waals surface area contributed by atoms with Crippen molar-refractivity contribution in [3.05, 3.63) is 30.1 Å². The second-order valence-corrected chi connectivity index (χ2v) is 6.41. The van der Waals surface area contributed by atoms with Crippen LogP contribution < -0.4 is 5.32 Å². The summed E-state index contributed by atoms with van der Waals surface area (Å²) in [6, 6.07) is 6.87. The van der Waals surface area contributed by atoms with E-state index in [0.29, 0.717) is 6.04 Å². The summed E-state index contributed by atoms with van der Waals surface area (Å²) < 4.78 is 0. The maximum absolute atomic E-state index is 4.40. The van der Waals surface area contributed by atoms with E-state index in [9.17, 15) is 0 Å². The van der Waals surface area contributed by atoms with Crippen LogP contribution in [-0.2, 0) is 6.42 Å². The molecule has 3 nitrogen and oxygen atoms in total. The summed E-state index contributed by atoms with van der Waals surface area (Å²) in [6.45, 7) is 4.69. The largest absolute Gasteiger partial charge is 0.317 e. The third-order valence-corrected chi connectivity index (χ3v) is 4.64. The molecule has 0 radical (unpaired) electrons. The molecular formula is C17H29N3. The molecule has 2 rings (SSSR count). The van der Waals surface area contributed by atoms with Gasteiger partial charge in [0.1, 0.15) is 0 Å². The minimum Gasteiger partial charge on any atom is -0.317 e. The average molecular weight is 275 g/mol. The van der Waals surface area contributed by atoms with E-state index in [2.05, 4.69) is 48.4 Å². The molecule has 20 heavy (non-hydrogen) atoms. The van der Waals surface area contributed by atoms with Gasteiger partial charge in [0.15, 0.2) is 0 Å². The number of nitrogens with one attached hydrogen (secondary N) is 1. The minimum atomic E-state index is 0.698. The molecule has 0 aromatic carbocycles. The highest BCUT2D eigenvalue weighted by Crippen LogP contribution is 2.29. The normalized spacial score (nSPS) is 26.9. The predicted octanol–water partition coefficient (Wildman–Crippen LogP) is 2.58. The fraction of sp³-hybridized carbons (Fsp3) is 0.706. The van der Waals surface area contributed by atoms with Crippen molar-refractivity contribution in [3.63, 3.8) is 0 Å². The molecule has 112 valence electrons. The van der Waals surface area contributed by atoms with Crippen molar-refractivity contribution < 1.29 is 0 Å². The van der Waals surface area contributed by atoms with Crippen LogP contribution in [0.25, 0.3) is 0 Å². The van der Waals surface area contributed by atoms with Gasteiger partial charge in [-0.3, -0.25) is 4.98 Å². The van der Waals surface area contributed by atoms with Crippen molar-refractivity contribution >= 4 is 0 Å². The van der Waals surface area contributed by atoms with Crippen molar-refractivity contribution in [2.24, 2.45) is 11.8 Å². The topological polar surface area (TPSA) is 28.2 Å². The molecule has 3 unspecified atom stereocenters. The fourth-order valence-electron chi connectivity index (χ4n) is 3.42. The third-order valence-electron chi connectivity index (χ3n) is 4.64. The van der Waals surface area contributed by atoms with Gasteiger partial charge < -0.3 is 10.2 Å². The van der Waals surface area contributed by atoms with Crippen LogP contribution in [0.5, 0.6) is 0 Å². The molecule has 0 spiro atoms. The number of likely N-dealkylation sites (N-methyl/N-ethyl adjacent to an activating group) is 1. The minimum absolute atomic E-state index is 0.698. The summed E-state index contributed by atoms with van der Waals surface area (Å²) in [4.78, 5) is 6.88. The van der Waals surface area contributed by atoms with Gasteiger partial charge in [-0.15, -0.1) is 0 Å². The first-order valence-corrected chi connectivity index (χ1v) is 7.94. The lowest BCUT2D eigenvalue weighted by Crippen LogP contribution is -2.43. The monoisotopic (exact) mass is 275 g/mol. The highest BCUT2D eigenvalue weighted by atomic mass is 15.1. The van der Waals surface area contributed by atoms with Crippen LogP contribution in [0.2, 0.25) is 0 Å². The molecule has 1 heterocycles. The van der Waals surface area contributed by atoms with Crippen molar-refractivity contribution in [3.8, 4) is 0 Å². The van der Waals surface area contributed by atoms with E-state index in [0.717, 1.165) is 24.8 Å². The van der Waals surface area contributed by atoms with Crippen molar-refractivity contribution in [2.75, 3.05) is 27.2 Å². The lowest BCUT2D eigenvalue weighted by molar-refractivity contribution is 0.166. The van der Waals surface area contributed by atoms with Gasteiger partial charge in [0.25, 0.3) is 0 Å². The molecule has 1 aromatic heterocycles. The van der Waals surface area contributed by atoms with Crippen LogP contribution in [0, 0.1) is 11.8 Å². The van der Waals surface area contributed by atoms with Gasteiger partial charge in [0.05, 0.1) is 0 Å². The first-order valence-electron chi connectivity index (χ1n) is 7.94. The van der Waals surface area contributed by atoms with E-state index in [1.807, 2.05) is 12.3 Å². The Morgan fingerprint density at radius 1 is 1.35 bits per heavy atom. The molecule has 1 aromatic rings. The number of nitrogens with zero attached hydrogens (tertiary/aromatic N) is 2. The van der Waals surface area contributed by atoms with Gasteiger partial charge in [-0.2, -0.15) is 0 Å². The summed E-state index contributed by atoms with van der Waals surface area (Å²) in [5.41, 5.74) is 1.20. The van der Waals surface area contributed by atoms with Gasteiger partial charge in [0.2, 0.25) is 0 Å². The van der Waals surface area contributed by atoms with Crippen molar-refractivity contribution in [1.29, 1.82) is 0 Å². The maximum Gasteiger partial charge on any atom is 0.0416 e. The lowest BCUT2D eigenvalue weighted by atomic mass is 9.78. The second-order valence-electron chi connectivity index (χ2n) is 6.41. The van der Waals surface area contributed by atoms with Crippen LogP contribution in [-0.4, -0.2) is 43.1 Å². The summed E-state index contributed by atoms with van der Waals surface area (Å²) in [5.74, 6) is 1.67. The molecule has 1 N–H and O–H groups in total.